The van der Waals surface area contributed by atoms with E-state index >= 15 is 0 Å². The summed E-state index contributed by atoms with van der Waals surface area (Å²) in [6.45, 7) is 4.11. The summed E-state index contributed by atoms with van der Waals surface area (Å²) in [6, 6.07) is 0.129. The highest BCUT2D eigenvalue weighted by atomic mass is 32.2. The summed E-state index contributed by atoms with van der Waals surface area (Å²) in [6.07, 6.45) is 1.30. The van der Waals surface area contributed by atoms with Crippen LogP contribution in [0.15, 0.2) is 0 Å². The molecule has 2 atom stereocenters. The number of carbonyl (C=O) groups is 1. The molecule has 0 bridgehead atoms. The molecule has 0 aromatic rings. The quantitative estimate of drug-likeness (QED) is 0.699. The maximum Gasteiger partial charge on any atom is 0.220 e. The van der Waals surface area contributed by atoms with E-state index in [9.17, 15) is 13.2 Å². The summed E-state index contributed by atoms with van der Waals surface area (Å²) in [4.78, 5) is 10.9. The van der Waals surface area contributed by atoms with Crippen molar-refractivity contribution in [3.63, 3.8) is 0 Å². The minimum Gasteiger partial charge on any atom is -0.355 e. The van der Waals surface area contributed by atoms with Gasteiger partial charge >= 0.3 is 0 Å². The molecule has 16 heavy (non-hydrogen) atoms. The second-order valence-corrected chi connectivity index (χ2v) is 6.70. The lowest BCUT2D eigenvalue weighted by molar-refractivity contribution is -0.122. The van der Waals surface area contributed by atoms with Crippen LogP contribution in [0, 0.1) is 0 Å². The first-order valence-corrected chi connectivity index (χ1v) is 7.48. The number of nitrogens with one attached hydrogen (secondary N) is 2. The van der Waals surface area contributed by atoms with Gasteiger partial charge < -0.3 is 10.6 Å². The van der Waals surface area contributed by atoms with Gasteiger partial charge in [-0.05, 0) is 13.3 Å². The predicted octanol–water partition coefficient (Wildman–Crippen LogP) is -0.322. The zero-order valence-electron chi connectivity index (χ0n) is 9.82. The third kappa shape index (κ3) is 4.49. The van der Waals surface area contributed by atoms with E-state index in [2.05, 4.69) is 10.6 Å². The number of carbonyl (C=O) groups excluding carboxylic acids is 1. The molecular formula is C10H20N2O3S. The summed E-state index contributed by atoms with van der Waals surface area (Å²) in [7, 11) is -2.93. The van der Waals surface area contributed by atoms with Crippen LogP contribution in [0.1, 0.15) is 26.7 Å². The largest absolute Gasteiger partial charge is 0.355 e. The Bertz CT molecular complexity index is 330. The second kappa shape index (κ2) is 5.63. The average Bonchev–Trinajstić information content (AvgIpc) is 2.21. The molecule has 6 heteroatoms. The Hall–Kier alpha value is -0.620. The van der Waals surface area contributed by atoms with Gasteiger partial charge in [-0.1, -0.05) is 6.92 Å². The molecule has 2 N–H and O–H groups in total. The van der Waals surface area contributed by atoms with Gasteiger partial charge in [0.2, 0.25) is 5.91 Å². The summed E-state index contributed by atoms with van der Waals surface area (Å²) in [5.74, 6) is 0.417. The van der Waals surface area contributed by atoms with Gasteiger partial charge in [0.05, 0.1) is 5.75 Å². The molecule has 0 aromatic carbocycles. The van der Waals surface area contributed by atoms with E-state index < -0.39 is 9.84 Å². The molecule has 1 saturated heterocycles. The molecule has 1 heterocycles. The molecule has 2 unspecified atom stereocenters. The monoisotopic (exact) mass is 248 g/mol. The molecule has 5 nitrogen and oxygen atoms in total. The second-order valence-electron chi connectivity index (χ2n) is 4.31. The van der Waals surface area contributed by atoms with Crippen molar-refractivity contribution in [3.05, 3.63) is 0 Å². The molecule has 0 spiro atoms. The first-order valence-electron chi connectivity index (χ1n) is 5.66. The summed E-state index contributed by atoms with van der Waals surface area (Å²) in [5.41, 5.74) is 0. The highest BCUT2D eigenvalue weighted by Crippen LogP contribution is 2.04. The zero-order valence-corrected chi connectivity index (χ0v) is 10.6. The van der Waals surface area contributed by atoms with Gasteiger partial charge in [-0.3, -0.25) is 4.79 Å². The third-order valence-electron chi connectivity index (χ3n) is 2.73. The number of amides is 1. The van der Waals surface area contributed by atoms with Crippen LogP contribution in [-0.4, -0.2) is 44.5 Å². The van der Waals surface area contributed by atoms with Crippen LogP contribution in [0.5, 0.6) is 0 Å². The molecule has 0 saturated carbocycles. The van der Waals surface area contributed by atoms with Gasteiger partial charge in [-0.25, -0.2) is 8.42 Å². The van der Waals surface area contributed by atoms with Crippen LogP contribution in [0.3, 0.4) is 0 Å². The Kier molecular flexibility index (Phi) is 4.73. The van der Waals surface area contributed by atoms with E-state index in [4.69, 9.17) is 0 Å². The molecule has 1 amide bonds. The predicted molar refractivity (Wildman–Crippen MR) is 63.0 cm³/mol. The Balaban J connectivity index is 2.34. The van der Waals surface area contributed by atoms with Crippen LogP contribution in [0.4, 0.5) is 0 Å². The fourth-order valence-corrected chi connectivity index (χ4v) is 2.92. The summed E-state index contributed by atoms with van der Waals surface area (Å²) >= 11 is 0. The minimum atomic E-state index is -2.93. The average molecular weight is 248 g/mol. The van der Waals surface area contributed by atoms with Crippen LogP contribution in [0.2, 0.25) is 0 Å². The third-order valence-corrected chi connectivity index (χ3v) is 4.62. The lowest BCUT2D eigenvalue weighted by Crippen LogP contribution is -2.50. The molecular weight excluding hydrogens is 228 g/mol. The Morgan fingerprint density at radius 2 is 2.25 bits per heavy atom. The molecule has 1 aliphatic heterocycles. The van der Waals surface area contributed by atoms with Crippen molar-refractivity contribution >= 4 is 15.7 Å². The van der Waals surface area contributed by atoms with Crippen molar-refractivity contribution in [2.24, 2.45) is 0 Å². The maximum atomic E-state index is 11.4. The Labute approximate surface area is 96.9 Å². The first-order chi connectivity index (χ1) is 7.43. The van der Waals surface area contributed by atoms with Gasteiger partial charge in [0.15, 0.2) is 9.84 Å². The molecule has 94 valence electrons. The number of rotatable bonds is 5. The molecule has 1 aliphatic rings. The number of sulfone groups is 1. The van der Waals surface area contributed by atoms with Crippen LogP contribution in [0.25, 0.3) is 0 Å². The highest BCUT2D eigenvalue weighted by Gasteiger charge is 2.21. The molecule has 1 rings (SSSR count). The van der Waals surface area contributed by atoms with Crippen LogP contribution in [-0.2, 0) is 14.6 Å². The lowest BCUT2D eigenvalue weighted by atomic mass is 10.1. The van der Waals surface area contributed by atoms with Crippen molar-refractivity contribution in [1.29, 1.82) is 0 Å². The first kappa shape index (κ1) is 13.4. The molecule has 0 aliphatic carbocycles. The van der Waals surface area contributed by atoms with Crippen molar-refractivity contribution in [1.82, 2.24) is 10.6 Å². The van der Waals surface area contributed by atoms with E-state index in [0.29, 0.717) is 13.0 Å². The standard InChI is InChI=1S/C10H20N2O3S/c1-3-16(14,15)7-8(2)12-9-4-5-10(13)11-6-9/h8-9,12H,3-7H2,1-2H3,(H,11,13). The summed E-state index contributed by atoms with van der Waals surface area (Å²) < 4.78 is 22.8. The van der Waals surface area contributed by atoms with Crippen molar-refractivity contribution in [2.75, 3.05) is 18.1 Å². The Morgan fingerprint density at radius 1 is 1.56 bits per heavy atom. The van der Waals surface area contributed by atoms with Crippen molar-refractivity contribution in [2.45, 2.75) is 38.8 Å². The fraction of sp³-hybridized carbons (Fsp3) is 0.900. The Morgan fingerprint density at radius 3 is 2.75 bits per heavy atom. The van der Waals surface area contributed by atoms with Gasteiger partial charge in [-0.2, -0.15) is 0 Å². The number of piperidine rings is 1. The van der Waals surface area contributed by atoms with E-state index in [0.717, 1.165) is 6.42 Å². The number of hydrogen-bond acceptors (Lipinski definition) is 4. The van der Waals surface area contributed by atoms with Crippen LogP contribution >= 0.6 is 0 Å². The molecule has 0 radical (unpaired) electrons. The van der Waals surface area contributed by atoms with Gasteiger partial charge in [-0.15, -0.1) is 0 Å². The van der Waals surface area contributed by atoms with E-state index in [1.807, 2.05) is 6.92 Å². The maximum absolute atomic E-state index is 11.4. The minimum absolute atomic E-state index is 0.0649. The highest BCUT2D eigenvalue weighted by molar-refractivity contribution is 7.91. The smallest absolute Gasteiger partial charge is 0.220 e. The van der Waals surface area contributed by atoms with E-state index in [1.165, 1.54) is 0 Å². The SMILES string of the molecule is CCS(=O)(=O)CC(C)NC1CCC(=O)NC1. The topological polar surface area (TPSA) is 75.3 Å². The van der Waals surface area contributed by atoms with Gasteiger partial charge in [0.1, 0.15) is 0 Å². The van der Waals surface area contributed by atoms with Crippen molar-refractivity contribution in [3.8, 4) is 0 Å². The van der Waals surface area contributed by atoms with Crippen LogP contribution < -0.4 is 10.6 Å². The molecule has 0 aromatic heterocycles. The van der Waals surface area contributed by atoms with Gasteiger partial charge in [0.25, 0.3) is 0 Å². The normalized spacial score (nSPS) is 23.9. The molecule has 1 fully saturated rings. The van der Waals surface area contributed by atoms with E-state index in [-0.39, 0.29) is 29.5 Å². The zero-order chi connectivity index (χ0) is 12.2. The van der Waals surface area contributed by atoms with Crippen molar-refractivity contribution < 1.29 is 13.2 Å². The van der Waals surface area contributed by atoms with E-state index in [1.54, 1.807) is 6.92 Å². The lowest BCUT2D eigenvalue weighted by Gasteiger charge is -2.26. The summed E-state index contributed by atoms with van der Waals surface area (Å²) in [5, 5.41) is 6.00. The van der Waals surface area contributed by atoms with Gasteiger partial charge in [0, 0.05) is 30.8 Å². The fourth-order valence-electron chi connectivity index (χ4n) is 1.82. The number of hydrogen-bond donors (Lipinski definition) is 2.